The number of carbonyl (C=O) groups excluding carboxylic acids is 3. The SMILES string of the molecule is C=COC(=O)Nc1ncnc2c1ncn2C1CC(OC(=O)OC=C)C(COC(=O)OC=C)O1. The van der Waals surface area contributed by atoms with Crippen LogP contribution in [0.15, 0.2) is 51.2 Å². The number of hydrogen-bond acceptors (Lipinski definition) is 12. The molecule has 0 aliphatic carbocycles. The molecule has 2 aromatic heterocycles. The van der Waals surface area contributed by atoms with Crippen molar-refractivity contribution in [3.63, 3.8) is 0 Å². The Balaban J connectivity index is 1.81. The van der Waals surface area contributed by atoms with Crippen molar-refractivity contribution in [3.8, 4) is 0 Å². The molecule has 0 radical (unpaired) electrons. The molecule has 0 aromatic carbocycles. The molecule has 3 rings (SSSR count). The Kier molecular flexibility index (Phi) is 7.54. The van der Waals surface area contributed by atoms with Gasteiger partial charge < -0.3 is 28.4 Å². The number of imidazole rings is 1. The van der Waals surface area contributed by atoms with E-state index in [1.54, 1.807) is 0 Å². The zero-order valence-electron chi connectivity index (χ0n) is 17.1. The molecule has 174 valence electrons. The van der Waals surface area contributed by atoms with Gasteiger partial charge in [0.05, 0.1) is 25.1 Å². The molecule has 1 amide bonds. The van der Waals surface area contributed by atoms with Crippen molar-refractivity contribution in [1.29, 1.82) is 0 Å². The second-order valence-electron chi connectivity index (χ2n) is 6.14. The van der Waals surface area contributed by atoms with Crippen LogP contribution in [0.3, 0.4) is 0 Å². The molecule has 1 saturated heterocycles. The van der Waals surface area contributed by atoms with Crippen LogP contribution in [0.1, 0.15) is 12.6 Å². The quantitative estimate of drug-likeness (QED) is 0.348. The second-order valence-corrected chi connectivity index (χ2v) is 6.14. The van der Waals surface area contributed by atoms with E-state index in [1.807, 2.05) is 0 Å². The van der Waals surface area contributed by atoms with Gasteiger partial charge in [0, 0.05) is 6.42 Å². The van der Waals surface area contributed by atoms with Gasteiger partial charge in [0.2, 0.25) is 0 Å². The molecular formula is C19H19N5O9. The first kappa shape index (κ1) is 23.2. The molecule has 1 aliphatic rings. The number of anilines is 1. The molecular weight excluding hydrogens is 442 g/mol. The highest BCUT2D eigenvalue weighted by molar-refractivity contribution is 5.93. The molecule has 0 saturated carbocycles. The largest absolute Gasteiger partial charge is 0.513 e. The molecule has 14 nitrogen and oxygen atoms in total. The van der Waals surface area contributed by atoms with Crippen molar-refractivity contribution in [2.75, 3.05) is 11.9 Å². The lowest BCUT2D eigenvalue weighted by Crippen LogP contribution is -2.32. The summed E-state index contributed by atoms with van der Waals surface area (Å²) in [5.74, 6) is 0.0954. The highest BCUT2D eigenvalue weighted by Gasteiger charge is 2.41. The third kappa shape index (κ3) is 5.62. The molecule has 3 unspecified atom stereocenters. The van der Waals surface area contributed by atoms with Crippen molar-refractivity contribution < 1.29 is 42.8 Å². The number of rotatable bonds is 8. The predicted octanol–water partition coefficient (Wildman–Crippen LogP) is 2.77. The van der Waals surface area contributed by atoms with E-state index in [0.29, 0.717) is 5.65 Å². The van der Waals surface area contributed by atoms with Crippen molar-refractivity contribution in [2.45, 2.75) is 24.9 Å². The van der Waals surface area contributed by atoms with Gasteiger partial charge in [-0.25, -0.2) is 29.3 Å². The fourth-order valence-electron chi connectivity index (χ4n) is 2.97. The van der Waals surface area contributed by atoms with Gasteiger partial charge >= 0.3 is 18.4 Å². The molecule has 0 bridgehead atoms. The van der Waals surface area contributed by atoms with Gasteiger partial charge in [-0.1, -0.05) is 19.7 Å². The first-order valence-electron chi connectivity index (χ1n) is 9.30. The Morgan fingerprint density at radius 3 is 2.55 bits per heavy atom. The Labute approximate surface area is 186 Å². The van der Waals surface area contributed by atoms with Crippen LogP contribution in [0, 0.1) is 0 Å². The normalized spacial score (nSPS) is 19.2. The average Bonchev–Trinajstić information content (AvgIpc) is 3.37. The van der Waals surface area contributed by atoms with Crippen LogP contribution < -0.4 is 5.32 Å². The monoisotopic (exact) mass is 461 g/mol. The van der Waals surface area contributed by atoms with Crippen molar-refractivity contribution >= 4 is 35.4 Å². The fourth-order valence-corrected chi connectivity index (χ4v) is 2.97. The molecule has 3 heterocycles. The van der Waals surface area contributed by atoms with Crippen LogP contribution in [0.5, 0.6) is 0 Å². The third-order valence-corrected chi connectivity index (χ3v) is 4.23. The van der Waals surface area contributed by atoms with E-state index in [2.05, 4.69) is 54.2 Å². The second kappa shape index (κ2) is 10.7. The number of fused-ring (bicyclic) bond motifs is 1. The maximum Gasteiger partial charge on any atom is 0.513 e. The molecule has 33 heavy (non-hydrogen) atoms. The van der Waals surface area contributed by atoms with Gasteiger partial charge in [0.1, 0.15) is 31.4 Å². The number of nitrogens with one attached hydrogen (secondary N) is 1. The van der Waals surface area contributed by atoms with E-state index in [9.17, 15) is 14.4 Å². The lowest BCUT2D eigenvalue weighted by molar-refractivity contribution is -0.0603. The smallest absolute Gasteiger partial charge is 0.431 e. The predicted molar refractivity (Wildman–Crippen MR) is 108 cm³/mol. The van der Waals surface area contributed by atoms with Crippen LogP contribution in [-0.4, -0.2) is 56.7 Å². The first-order chi connectivity index (χ1) is 16.0. The fraction of sp³-hybridized carbons (Fsp3) is 0.263. The maximum atomic E-state index is 11.8. The Bertz CT molecular complexity index is 1070. The van der Waals surface area contributed by atoms with E-state index >= 15 is 0 Å². The molecule has 3 atom stereocenters. The summed E-state index contributed by atoms with van der Waals surface area (Å²) in [5.41, 5.74) is 0.559. The van der Waals surface area contributed by atoms with Crippen LogP contribution in [0.2, 0.25) is 0 Å². The minimum Gasteiger partial charge on any atom is -0.431 e. The first-order valence-corrected chi connectivity index (χ1v) is 9.30. The summed E-state index contributed by atoms with van der Waals surface area (Å²) >= 11 is 0. The lowest BCUT2D eigenvalue weighted by atomic mass is 10.2. The molecule has 1 fully saturated rings. The van der Waals surface area contributed by atoms with Crippen LogP contribution in [-0.2, 0) is 28.4 Å². The summed E-state index contributed by atoms with van der Waals surface area (Å²) in [7, 11) is 0. The van der Waals surface area contributed by atoms with E-state index in [0.717, 1.165) is 18.8 Å². The van der Waals surface area contributed by atoms with Crippen LogP contribution >= 0.6 is 0 Å². The van der Waals surface area contributed by atoms with Gasteiger partial charge in [-0.15, -0.1) is 0 Å². The summed E-state index contributed by atoms with van der Waals surface area (Å²) in [6, 6.07) is 0. The molecule has 2 aromatic rings. The summed E-state index contributed by atoms with van der Waals surface area (Å²) in [6.07, 6.45) is 0.230. The van der Waals surface area contributed by atoms with Gasteiger partial charge in [0.25, 0.3) is 0 Å². The summed E-state index contributed by atoms with van der Waals surface area (Å²) < 4.78 is 31.3. The van der Waals surface area contributed by atoms with E-state index in [-0.39, 0.29) is 24.4 Å². The number of aromatic nitrogens is 4. The highest BCUT2D eigenvalue weighted by Crippen LogP contribution is 2.34. The van der Waals surface area contributed by atoms with Gasteiger partial charge in [-0.3, -0.25) is 9.88 Å². The van der Waals surface area contributed by atoms with Crippen molar-refractivity contribution in [3.05, 3.63) is 51.2 Å². The molecule has 14 heteroatoms. The van der Waals surface area contributed by atoms with E-state index < -0.39 is 36.8 Å². The summed E-state index contributed by atoms with van der Waals surface area (Å²) in [6.45, 7) is 9.54. The number of ether oxygens (including phenoxy) is 6. The maximum absolute atomic E-state index is 11.8. The Morgan fingerprint density at radius 2 is 1.82 bits per heavy atom. The molecule has 0 spiro atoms. The van der Waals surface area contributed by atoms with Crippen LogP contribution in [0.4, 0.5) is 20.2 Å². The topological polar surface area (TPSA) is 162 Å². The highest BCUT2D eigenvalue weighted by atomic mass is 16.7. The zero-order valence-corrected chi connectivity index (χ0v) is 17.1. The van der Waals surface area contributed by atoms with Gasteiger partial charge in [0.15, 0.2) is 17.0 Å². The number of amides is 1. The van der Waals surface area contributed by atoms with Crippen molar-refractivity contribution in [1.82, 2.24) is 19.5 Å². The lowest BCUT2D eigenvalue weighted by Gasteiger charge is -2.17. The van der Waals surface area contributed by atoms with Gasteiger partial charge in [-0.05, 0) is 0 Å². The van der Waals surface area contributed by atoms with E-state index in [4.69, 9.17) is 14.2 Å². The average molecular weight is 461 g/mol. The van der Waals surface area contributed by atoms with Crippen molar-refractivity contribution in [2.24, 2.45) is 0 Å². The van der Waals surface area contributed by atoms with Crippen LogP contribution in [0.25, 0.3) is 11.2 Å². The number of nitrogens with zero attached hydrogens (tertiary/aromatic N) is 4. The third-order valence-electron chi connectivity index (χ3n) is 4.23. The molecule has 1 N–H and O–H groups in total. The molecule has 1 aliphatic heterocycles. The van der Waals surface area contributed by atoms with Gasteiger partial charge in [-0.2, -0.15) is 0 Å². The number of hydrogen-bond donors (Lipinski definition) is 1. The van der Waals surface area contributed by atoms with E-state index in [1.165, 1.54) is 17.2 Å². The number of carbonyl (C=O) groups is 3. The Hall–Kier alpha value is -4.46. The Morgan fingerprint density at radius 1 is 1.09 bits per heavy atom. The minimum absolute atomic E-state index is 0.0954. The zero-order chi connectivity index (χ0) is 23.8. The minimum atomic E-state index is -1.01. The summed E-state index contributed by atoms with van der Waals surface area (Å²) in [4.78, 5) is 47.3. The summed E-state index contributed by atoms with van der Waals surface area (Å²) in [5, 5.41) is 2.42. The standard InChI is InChI=1S/C19H19N5O9/c1-4-28-17(25)23-15-14-16(21-9-20-15)24(10-22-14)13-7-11(33-19(27)30-6-3)12(32-13)8-31-18(26)29-5-2/h4-6,9-13H,1-3,7-8H2,(H,20,21,23,25).